The normalized spacial score (nSPS) is 23.2. The molecule has 0 spiro atoms. The zero-order valence-electron chi connectivity index (χ0n) is 16.3. The van der Waals surface area contributed by atoms with E-state index in [4.69, 9.17) is 0 Å². The van der Waals surface area contributed by atoms with Crippen LogP contribution in [0, 0.1) is 0 Å². The van der Waals surface area contributed by atoms with Gasteiger partial charge >= 0.3 is 0 Å². The van der Waals surface area contributed by atoms with E-state index in [1.807, 2.05) is 0 Å². The topological polar surface area (TPSA) is 74.8 Å². The van der Waals surface area contributed by atoms with Gasteiger partial charge in [-0.3, -0.25) is 0 Å². The molecule has 3 aliphatic rings. The van der Waals surface area contributed by atoms with Crippen LogP contribution in [0.1, 0.15) is 64.2 Å². The van der Waals surface area contributed by atoms with E-state index in [-0.39, 0.29) is 21.9 Å². The molecule has 2 saturated carbocycles. The molecule has 0 unspecified atom stereocenters. The van der Waals surface area contributed by atoms with Crippen LogP contribution < -0.4 is 0 Å². The van der Waals surface area contributed by atoms with Gasteiger partial charge in [0.05, 0.1) is 9.79 Å². The van der Waals surface area contributed by atoms with Gasteiger partial charge in [0, 0.05) is 25.2 Å². The molecule has 0 N–H and O–H groups in total. The van der Waals surface area contributed by atoms with E-state index in [0.717, 1.165) is 64.2 Å². The molecule has 6 nitrogen and oxygen atoms in total. The van der Waals surface area contributed by atoms with Crippen LogP contribution in [0.2, 0.25) is 0 Å². The van der Waals surface area contributed by atoms with Crippen LogP contribution >= 0.6 is 0 Å². The van der Waals surface area contributed by atoms with Crippen molar-refractivity contribution >= 4 is 20.0 Å². The molecule has 156 valence electrons. The number of nitrogens with zero attached hydrogens (tertiary/aromatic N) is 2. The van der Waals surface area contributed by atoms with Gasteiger partial charge in [0.15, 0.2) is 0 Å². The number of sulfonamides is 2. The standard InChI is InChI=1S/C20H30N2O4S2/c23-27(24,21-15-5-6-16-21)19-11-13-20(14-12-19)28(25,26)22(17-7-1-2-8-17)18-9-3-4-10-18/h11-14,17-18H,1-10,15-16H2. The Hall–Kier alpha value is -0.960. The monoisotopic (exact) mass is 426 g/mol. The largest absolute Gasteiger partial charge is 0.243 e. The van der Waals surface area contributed by atoms with Gasteiger partial charge in [0.2, 0.25) is 20.0 Å². The van der Waals surface area contributed by atoms with Crippen molar-refractivity contribution in [1.82, 2.24) is 8.61 Å². The third-order valence-corrected chi connectivity index (χ3v) is 10.4. The highest BCUT2D eigenvalue weighted by Crippen LogP contribution is 2.36. The third kappa shape index (κ3) is 3.76. The summed E-state index contributed by atoms with van der Waals surface area (Å²) in [6.45, 7) is 1.08. The molecule has 1 aromatic carbocycles. The van der Waals surface area contributed by atoms with Gasteiger partial charge in [0.25, 0.3) is 0 Å². The minimum Gasteiger partial charge on any atom is -0.207 e. The molecular formula is C20H30N2O4S2. The number of hydrogen-bond donors (Lipinski definition) is 0. The van der Waals surface area contributed by atoms with E-state index >= 15 is 0 Å². The van der Waals surface area contributed by atoms with E-state index in [1.165, 1.54) is 28.6 Å². The number of benzene rings is 1. The maximum absolute atomic E-state index is 13.5. The van der Waals surface area contributed by atoms with Crippen molar-refractivity contribution in [3.8, 4) is 0 Å². The highest BCUT2D eigenvalue weighted by molar-refractivity contribution is 7.89. The Labute approximate surface area is 169 Å². The lowest BCUT2D eigenvalue weighted by molar-refractivity contribution is 0.252. The van der Waals surface area contributed by atoms with E-state index in [2.05, 4.69) is 0 Å². The van der Waals surface area contributed by atoms with Crippen LogP contribution in [0.25, 0.3) is 0 Å². The van der Waals surface area contributed by atoms with Crippen molar-refractivity contribution in [2.75, 3.05) is 13.1 Å². The first-order valence-corrected chi connectivity index (χ1v) is 13.4. The van der Waals surface area contributed by atoms with Crippen LogP contribution in [0.4, 0.5) is 0 Å². The van der Waals surface area contributed by atoms with Crippen molar-refractivity contribution in [3.05, 3.63) is 24.3 Å². The van der Waals surface area contributed by atoms with Crippen molar-refractivity contribution in [2.24, 2.45) is 0 Å². The van der Waals surface area contributed by atoms with Crippen LogP contribution in [0.5, 0.6) is 0 Å². The summed E-state index contributed by atoms with van der Waals surface area (Å²) in [4.78, 5) is 0.397. The maximum Gasteiger partial charge on any atom is 0.243 e. The zero-order chi connectivity index (χ0) is 19.8. The summed E-state index contributed by atoms with van der Waals surface area (Å²) in [7, 11) is -7.15. The lowest BCUT2D eigenvalue weighted by Crippen LogP contribution is -2.45. The average molecular weight is 427 g/mol. The molecule has 2 aliphatic carbocycles. The summed E-state index contributed by atoms with van der Waals surface area (Å²) in [5, 5.41) is 0. The fourth-order valence-corrected chi connectivity index (χ4v) is 8.44. The lowest BCUT2D eigenvalue weighted by Gasteiger charge is -2.33. The maximum atomic E-state index is 13.5. The fourth-order valence-electron chi connectivity index (χ4n) is 4.99. The lowest BCUT2D eigenvalue weighted by atomic mass is 10.2. The third-order valence-electron chi connectivity index (χ3n) is 6.47. The Bertz CT molecular complexity index is 863. The SMILES string of the molecule is O=S(=O)(c1ccc(S(=O)(=O)N(C2CCCC2)C2CCCC2)cc1)N1CCCC1. The molecule has 4 rings (SSSR count). The molecule has 0 amide bonds. The second-order valence-electron chi connectivity index (χ2n) is 8.29. The predicted molar refractivity (Wildman–Crippen MR) is 108 cm³/mol. The molecule has 1 heterocycles. The molecule has 8 heteroatoms. The number of rotatable bonds is 6. The first-order chi connectivity index (χ1) is 13.4. The molecule has 28 heavy (non-hydrogen) atoms. The first-order valence-electron chi connectivity index (χ1n) is 10.5. The van der Waals surface area contributed by atoms with Crippen molar-refractivity contribution < 1.29 is 16.8 Å². The van der Waals surface area contributed by atoms with Gasteiger partial charge in [-0.2, -0.15) is 8.61 Å². The first kappa shape index (κ1) is 20.3. The second-order valence-corrected chi connectivity index (χ2v) is 12.1. The average Bonchev–Trinajstić information content (AvgIpc) is 3.45. The Morgan fingerprint density at radius 3 is 1.57 bits per heavy atom. The quantitative estimate of drug-likeness (QED) is 0.699. The zero-order valence-corrected chi connectivity index (χ0v) is 17.9. The summed E-state index contributed by atoms with van der Waals surface area (Å²) in [6.07, 6.45) is 9.79. The molecule has 0 aromatic heterocycles. The Kier molecular flexibility index (Phi) is 5.84. The summed E-state index contributed by atoms with van der Waals surface area (Å²) < 4.78 is 55.7. The van der Waals surface area contributed by atoms with Crippen LogP contribution in [-0.4, -0.2) is 50.6 Å². The molecule has 1 aliphatic heterocycles. The minimum absolute atomic E-state index is 0.0844. The van der Waals surface area contributed by atoms with Crippen molar-refractivity contribution in [2.45, 2.75) is 86.1 Å². The molecule has 0 radical (unpaired) electrons. The van der Waals surface area contributed by atoms with Gasteiger partial charge in [-0.1, -0.05) is 25.7 Å². The highest BCUT2D eigenvalue weighted by atomic mass is 32.2. The van der Waals surface area contributed by atoms with Crippen LogP contribution in [0.3, 0.4) is 0 Å². The van der Waals surface area contributed by atoms with Gasteiger partial charge in [-0.05, 0) is 62.8 Å². The Morgan fingerprint density at radius 1 is 0.679 bits per heavy atom. The van der Waals surface area contributed by atoms with Gasteiger partial charge in [-0.25, -0.2) is 16.8 Å². The Balaban J connectivity index is 1.62. The van der Waals surface area contributed by atoms with Gasteiger partial charge in [0.1, 0.15) is 0 Å². The molecule has 0 atom stereocenters. The minimum atomic E-state index is -3.62. The van der Waals surface area contributed by atoms with E-state index < -0.39 is 20.0 Å². The molecule has 0 bridgehead atoms. The van der Waals surface area contributed by atoms with Gasteiger partial charge in [-0.15, -0.1) is 0 Å². The summed E-state index contributed by atoms with van der Waals surface area (Å²) in [5.41, 5.74) is 0. The number of hydrogen-bond acceptors (Lipinski definition) is 4. The fraction of sp³-hybridized carbons (Fsp3) is 0.700. The van der Waals surface area contributed by atoms with Crippen molar-refractivity contribution in [1.29, 1.82) is 0 Å². The summed E-state index contributed by atoms with van der Waals surface area (Å²) in [5.74, 6) is 0. The van der Waals surface area contributed by atoms with Crippen LogP contribution in [0.15, 0.2) is 34.1 Å². The summed E-state index contributed by atoms with van der Waals surface area (Å²) >= 11 is 0. The second kappa shape index (κ2) is 8.05. The van der Waals surface area contributed by atoms with Gasteiger partial charge < -0.3 is 0 Å². The summed E-state index contributed by atoms with van der Waals surface area (Å²) in [6, 6.07) is 6.05. The smallest absolute Gasteiger partial charge is 0.207 e. The molecular weight excluding hydrogens is 396 g/mol. The van der Waals surface area contributed by atoms with E-state index in [9.17, 15) is 16.8 Å². The molecule has 3 fully saturated rings. The van der Waals surface area contributed by atoms with Crippen molar-refractivity contribution in [3.63, 3.8) is 0 Å². The predicted octanol–water partition coefficient (Wildman–Crippen LogP) is 3.35. The van der Waals surface area contributed by atoms with E-state index in [1.54, 1.807) is 4.31 Å². The molecule has 1 aromatic rings. The van der Waals surface area contributed by atoms with Crippen LogP contribution in [-0.2, 0) is 20.0 Å². The highest BCUT2D eigenvalue weighted by Gasteiger charge is 2.39. The molecule has 1 saturated heterocycles. The Morgan fingerprint density at radius 2 is 1.11 bits per heavy atom. The van der Waals surface area contributed by atoms with E-state index in [0.29, 0.717) is 13.1 Å².